The molecule has 3 rings (SSSR count). The highest BCUT2D eigenvalue weighted by molar-refractivity contribution is 6.06. The van der Waals surface area contributed by atoms with Crippen molar-refractivity contribution in [2.24, 2.45) is 0 Å². The van der Waals surface area contributed by atoms with Crippen molar-refractivity contribution in [1.82, 2.24) is 0 Å². The van der Waals surface area contributed by atoms with Gasteiger partial charge in [-0.25, -0.2) is 0 Å². The van der Waals surface area contributed by atoms with Gasteiger partial charge in [0.1, 0.15) is 0 Å². The van der Waals surface area contributed by atoms with Gasteiger partial charge in [0.25, 0.3) is 0 Å². The van der Waals surface area contributed by atoms with Crippen molar-refractivity contribution in [1.29, 1.82) is 0 Å². The first kappa shape index (κ1) is 12.6. The Hall–Kier alpha value is -1.39. The van der Waals surface area contributed by atoms with Gasteiger partial charge in [-0.1, -0.05) is 18.2 Å². The maximum Gasteiger partial charge on any atom is 0.235 e. The SMILES string of the molecule is O=C1Nc2ccccc2C12CCC(OCCO)CC2. The van der Waals surface area contributed by atoms with Crippen LogP contribution in [-0.4, -0.2) is 30.3 Å². The molecular weight excluding hydrogens is 242 g/mol. The Balaban J connectivity index is 1.77. The number of carbonyl (C=O) groups is 1. The molecule has 1 aliphatic heterocycles. The minimum atomic E-state index is -0.352. The van der Waals surface area contributed by atoms with Crippen molar-refractivity contribution in [2.75, 3.05) is 18.5 Å². The fourth-order valence-electron chi connectivity index (χ4n) is 3.34. The first-order valence-corrected chi connectivity index (χ1v) is 6.90. The number of hydrogen-bond acceptors (Lipinski definition) is 3. The van der Waals surface area contributed by atoms with Crippen LogP contribution < -0.4 is 5.32 Å². The Morgan fingerprint density at radius 1 is 1.32 bits per heavy atom. The number of para-hydroxylation sites is 1. The van der Waals surface area contributed by atoms with Gasteiger partial charge in [-0.15, -0.1) is 0 Å². The summed E-state index contributed by atoms with van der Waals surface area (Å²) in [7, 11) is 0. The van der Waals surface area contributed by atoms with Crippen LogP contribution >= 0.6 is 0 Å². The molecule has 0 aromatic heterocycles. The molecule has 4 heteroatoms. The lowest BCUT2D eigenvalue weighted by Crippen LogP contribution is -2.40. The smallest absolute Gasteiger partial charge is 0.235 e. The zero-order valence-corrected chi connectivity index (χ0v) is 10.9. The fraction of sp³-hybridized carbons (Fsp3) is 0.533. The van der Waals surface area contributed by atoms with Gasteiger partial charge < -0.3 is 15.2 Å². The van der Waals surface area contributed by atoms with E-state index >= 15 is 0 Å². The van der Waals surface area contributed by atoms with Crippen LogP contribution in [0.5, 0.6) is 0 Å². The minimum Gasteiger partial charge on any atom is -0.394 e. The Morgan fingerprint density at radius 3 is 2.79 bits per heavy atom. The number of aliphatic hydroxyl groups is 1. The van der Waals surface area contributed by atoms with E-state index in [1.807, 2.05) is 18.2 Å². The molecule has 2 aliphatic rings. The second kappa shape index (κ2) is 4.94. The number of rotatable bonds is 3. The maximum atomic E-state index is 12.3. The third-order valence-electron chi connectivity index (χ3n) is 4.36. The van der Waals surface area contributed by atoms with Crippen LogP contribution in [0.3, 0.4) is 0 Å². The maximum absolute atomic E-state index is 12.3. The first-order chi connectivity index (χ1) is 9.26. The number of anilines is 1. The number of fused-ring (bicyclic) bond motifs is 2. The van der Waals surface area contributed by atoms with Crippen molar-refractivity contribution >= 4 is 11.6 Å². The van der Waals surface area contributed by atoms with Crippen LogP contribution in [0.15, 0.2) is 24.3 Å². The molecule has 0 atom stereocenters. The van der Waals surface area contributed by atoms with E-state index in [1.54, 1.807) is 0 Å². The van der Waals surface area contributed by atoms with E-state index in [2.05, 4.69) is 11.4 Å². The van der Waals surface area contributed by atoms with Crippen molar-refractivity contribution < 1.29 is 14.6 Å². The van der Waals surface area contributed by atoms with Crippen molar-refractivity contribution in [3.8, 4) is 0 Å². The molecule has 1 aliphatic carbocycles. The second-order valence-corrected chi connectivity index (χ2v) is 5.38. The molecular formula is C15H19NO3. The third-order valence-corrected chi connectivity index (χ3v) is 4.36. The van der Waals surface area contributed by atoms with E-state index in [1.165, 1.54) is 0 Å². The van der Waals surface area contributed by atoms with Gasteiger partial charge in [-0.3, -0.25) is 4.79 Å². The number of aliphatic hydroxyl groups excluding tert-OH is 1. The highest BCUT2D eigenvalue weighted by Gasteiger charge is 2.48. The number of nitrogens with one attached hydrogen (secondary N) is 1. The highest BCUT2D eigenvalue weighted by Crippen LogP contribution is 2.47. The molecule has 1 aromatic rings. The summed E-state index contributed by atoms with van der Waals surface area (Å²) in [6.07, 6.45) is 3.58. The molecule has 0 unspecified atom stereocenters. The summed E-state index contributed by atoms with van der Waals surface area (Å²) in [4.78, 5) is 12.3. The molecule has 1 spiro atoms. The van der Waals surface area contributed by atoms with Crippen molar-refractivity contribution in [3.63, 3.8) is 0 Å². The van der Waals surface area contributed by atoms with Crippen LogP contribution in [0.4, 0.5) is 5.69 Å². The molecule has 102 valence electrons. The van der Waals surface area contributed by atoms with Crippen LogP contribution in [-0.2, 0) is 14.9 Å². The van der Waals surface area contributed by atoms with E-state index in [4.69, 9.17) is 9.84 Å². The molecule has 1 saturated carbocycles. The van der Waals surface area contributed by atoms with E-state index in [-0.39, 0.29) is 24.0 Å². The summed E-state index contributed by atoms with van der Waals surface area (Å²) in [5.41, 5.74) is 1.75. The molecule has 1 amide bonds. The summed E-state index contributed by atoms with van der Waals surface area (Å²) < 4.78 is 5.58. The van der Waals surface area contributed by atoms with Crippen LogP contribution in [0, 0.1) is 0 Å². The molecule has 19 heavy (non-hydrogen) atoms. The van der Waals surface area contributed by atoms with Gasteiger partial charge in [-0.2, -0.15) is 0 Å². The third kappa shape index (κ3) is 2.05. The van der Waals surface area contributed by atoms with E-state index < -0.39 is 0 Å². The van der Waals surface area contributed by atoms with E-state index in [9.17, 15) is 4.79 Å². The normalized spacial score (nSPS) is 29.3. The predicted molar refractivity (Wildman–Crippen MR) is 72.0 cm³/mol. The Kier molecular flexibility index (Phi) is 3.29. The molecule has 0 radical (unpaired) electrons. The first-order valence-electron chi connectivity index (χ1n) is 6.90. The van der Waals surface area contributed by atoms with E-state index in [0.717, 1.165) is 36.9 Å². The molecule has 1 fully saturated rings. The quantitative estimate of drug-likeness (QED) is 0.872. The fourth-order valence-corrected chi connectivity index (χ4v) is 3.34. The van der Waals surface area contributed by atoms with Gasteiger partial charge in [0.05, 0.1) is 24.7 Å². The number of ether oxygens (including phenoxy) is 1. The predicted octanol–water partition coefficient (Wildman–Crippen LogP) is 1.83. The summed E-state index contributed by atoms with van der Waals surface area (Å²) in [5, 5.41) is 11.8. The summed E-state index contributed by atoms with van der Waals surface area (Å²) in [6, 6.07) is 7.97. The topological polar surface area (TPSA) is 58.6 Å². The lowest BCUT2D eigenvalue weighted by Gasteiger charge is -2.35. The lowest BCUT2D eigenvalue weighted by molar-refractivity contribution is -0.123. The Labute approximate surface area is 112 Å². The van der Waals surface area contributed by atoms with Gasteiger partial charge >= 0.3 is 0 Å². The van der Waals surface area contributed by atoms with Crippen molar-refractivity contribution in [2.45, 2.75) is 37.2 Å². The Morgan fingerprint density at radius 2 is 2.05 bits per heavy atom. The molecule has 4 nitrogen and oxygen atoms in total. The average molecular weight is 261 g/mol. The summed E-state index contributed by atoms with van der Waals surface area (Å²) >= 11 is 0. The van der Waals surface area contributed by atoms with Gasteiger partial charge in [-0.05, 0) is 37.3 Å². The largest absolute Gasteiger partial charge is 0.394 e. The zero-order valence-electron chi connectivity index (χ0n) is 10.9. The Bertz CT molecular complexity index is 478. The summed E-state index contributed by atoms with van der Waals surface area (Å²) in [6.45, 7) is 0.450. The minimum absolute atomic E-state index is 0.0605. The average Bonchev–Trinajstić information content (AvgIpc) is 2.72. The van der Waals surface area contributed by atoms with Crippen molar-refractivity contribution in [3.05, 3.63) is 29.8 Å². The van der Waals surface area contributed by atoms with Crippen LogP contribution in [0.25, 0.3) is 0 Å². The van der Waals surface area contributed by atoms with Crippen LogP contribution in [0.1, 0.15) is 31.2 Å². The molecule has 1 heterocycles. The highest BCUT2D eigenvalue weighted by atomic mass is 16.5. The molecule has 0 saturated heterocycles. The number of carbonyl (C=O) groups excluding carboxylic acids is 1. The second-order valence-electron chi connectivity index (χ2n) is 5.38. The standard InChI is InChI=1S/C15H19NO3/c17-9-10-19-11-5-7-15(8-6-11)12-3-1-2-4-13(12)16-14(15)18/h1-4,11,17H,5-10H2,(H,16,18). The molecule has 0 bridgehead atoms. The lowest BCUT2D eigenvalue weighted by atomic mass is 9.69. The number of hydrogen-bond donors (Lipinski definition) is 2. The van der Waals surface area contributed by atoms with E-state index in [0.29, 0.717) is 6.61 Å². The molecule has 1 aromatic carbocycles. The summed E-state index contributed by atoms with van der Waals surface area (Å²) in [5.74, 6) is 0.134. The molecule has 2 N–H and O–H groups in total. The van der Waals surface area contributed by atoms with Gasteiger partial charge in [0.2, 0.25) is 5.91 Å². The monoisotopic (exact) mass is 261 g/mol. The number of benzene rings is 1. The number of amides is 1. The van der Waals surface area contributed by atoms with Gasteiger partial charge in [0, 0.05) is 5.69 Å². The van der Waals surface area contributed by atoms with Gasteiger partial charge in [0.15, 0.2) is 0 Å². The van der Waals surface area contributed by atoms with Crippen LogP contribution in [0.2, 0.25) is 0 Å². The zero-order chi connectivity index (χ0) is 13.3.